The van der Waals surface area contributed by atoms with Crippen LogP contribution in [0.3, 0.4) is 0 Å². The van der Waals surface area contributed by atoms with Crippen molar-refractivity contribution in [2.24, 2.45) is 0 Å². The Morgan fingerprint density at radius 1 is 1.38 bits per heavy atom. The highest BCUT2D eigenvalue weighted by Crippen LogP contribution is 2.21. The lowest BCUT2D eigenvalue weighted by atomic mass is 10.1. The van der Waals surface area contributed by atoms with Crippen molar-refractivity contribution in [3.63, 3.8) is 0 Å². The number of aryl methyl sites for hydroxylation is 1. The number of rotatable bonds is 4. The van der Waals surface area contributed by atoms with Crippen molar-refractivity contribution in [1.82, 2.24) is 9.97 Å². The molecular formula is C15H13N3O2S. The third-order valence-corrected chi connectivity index (χ3v) is 3.97. The van der Waals surface area contributed by atoms with Crippen LogP contribution >= 0.6 is 11.3 Å². The molecule has 0 saturated heterocycles. The lowest BCUT2D eigenvalue weighted by molar-refractivity contribution is 0.0699. The van der Waals surface area contributed by atoms with Crippen molar-refractivity contribution in [2.45, 2.75) is 13.5 Å². The van der Waals surface area contributed by atoms with E-state index in [0.717, 1.165) is 9.88 Å². The standard InChI is InChI=1S/C15H13N3O2S/c1-9-16-7-10(21-9)8-17-14-6-12(15(19)20)11-4-2-3-5-13(11)18-14/h2-7H,8H2,1H3,(H,17,18)(H,19,20). The number of benzene rings is 1. The van der Waals surface area contributed by atoms with Gasteiger partial charge in [0, 0.05) is 16.5 Å². The van der Waals surface area contributed by atoms with Crippen LogP contribution in [0.4, 0.5) is 5.82 Å². The van der Waals surface area contributed by atoms with E-state index in [1.807, 2.05) is 31.3 Å². The lowest BCUT2D eigenvalue weighted by Crippen LogP contribution is -2.04. The zero-order valence-corrected chi connectivity index (χ0v) is 12.1. The van der Waals surface area contributed by atoms with Crippen molar-refractivity contribution < 1.29 is 9.90 Å². The summed E-state index contributed by atoms with van der Waals surface area (Å²) in [5, 5.41) is 14.1. The molecule has 0 bridgehead atoms. The van der Waals surface area contributed by atoms with Gasteiger partial charge in [-0.05, 0) is 19.1 Å². The van der Waals surface area contributed by atoms with Crippen molar-refractivity contribution in [2.75, 3.05) is 5.32 Å². The Hall–Kier alpha value is -2.47. The average Bonchev–Trinajstić information content (AvgIpc) is 2.89. The third kappa shape index (κ3) is 2.85. The summed E-state index contributed by atoms with van der Waals surface area (Å²) in [4.78, 5) is 21.1. The van der Waals surface area contributed by atoms with Crippen LogP contribution in [0.25, 0.3) is 10.9 Å². The molecule has 1 aromatic carbocycles. The molecule has 0 aliphatic heterocycles. The van der Waals surface area contributed by atoms with E-state index in [1.165, 1.54) is 0 Å². The number of nitrogens with one attached hydrogen (secondary N) is 1. The van der Waals surface area contributed by atoms with E-state index >= 15 is 0 Å². The maximum atomic E-state index is 11.4. The molecule has 3 aromatic rings. The van der Waals surface area contributed by atoms with Gasteiger partial charge >= 0.3 is 5.97 Å². The molecular weight excluding hydrogens is 286 g/mol. The first kappa shape index (κ1) is 13.5. The predicted molar refractivity (Wildman–Crippen MR) is 82.9 cm³/mol. The molecule has 5 nitrogen and oxygen atoms in total. The molecule has 0 aliphatic carbocycles. The van der Waals surface area contributed by atoms with Crippen LogP contribution in [0.15, 0.2) is 36.5 Å². The number of carboxylic acids is 1. The van der Waals surface area contributed by atoms with Crippen molar-refractivity contribution >= 4 is 34.0 Å². The maximum Gasteiger partial charge on any atom is 0.336 e. The first-order chi connectivity index (χ1) is 10.1. The molecule has 0 unspecified atom stereocenters. The fourth-order valence-electron chi connectivity index (χ4n) is 2.11. The minimum Gasteiger partial charge on any atom is -0.478 e. The van der Waals surface area contributed by atoms with E-state index < -0.39 is 5.97 Å². The van der Waals surface area contributed by atoms with Gasteiger partial charge in [-0.2, -0.15) is 0 Å². The summed E-state index contributed by atoms with van der Waals surface area (Å²) >= 11 is 1.60. The molecule has 3 rings (SSSR count). The van der Waals surface area contributed by atoms with Crippen LogP contribution in [-0.4, -0.2) is 21.0 Å². The molecule has 0 fully saturated rings. The molecule has 2 aromatic heterocycles. The molecule has 0 spiro atoms. The van der Waals surface area contributed by atoms with E-state index in [9.17, 15) is 9.90 Å². The highest BCUT2D eigenvalue weighted by atomic mass is 32.1. The van der Waals surface area contributed by atoms with Crippen LogP contribution < -0.4 is 5.32 Å². The number of anilines is 1. The normalized spacial score (nSPS) is 10.7. The summed E-state index contributed by atoms with van der Waals surface area (Å²) in [5.41, 5.74) is 0.920. The van der Waals surface area contributed by atoms with E-state index in [1.54, 1.807) is 23.5 Å². The van der Waals surface area contributed by atoms with Gasteiger partial charge in [0.25, 0.3) is 0 Å². The minimum absolute atomic E-state index is 0.253. The second-order valence-corrected chi connectivity index (χ2v) is 5.90. The Morgan fingerprint density at radius 3 is 2.90 bits per heavy atom. The predicted octanol–water partition coefficient (Wildman–Crippen LogP) is 3.31. The monoisotopic (exact) mass is 299 g/mol. The van der Waals surface area contributed by atoms with Gasteiger partial charge in [-0.25, -0.2) is 14.8 Å². The summed E-state index contributed by atoms with van der Waals surface area (Å²) in [5.74, 6) is -0.401. The van der Waals surface area contributed by atoms with Gasteiger partial charge in [0.2, 0.25) is 0 Å². The molecule has 6 heteroatoms. The number of fused-ring (bicyclic) bond motifs is 1. The first-order valence-electron chi connectivity index (χ1n) is 6.42. The van der Waals surface area contributed by atoms with Gasteiger partial charge in [-0.15, -0.1) is 11.3 Å². The van der Waals surface area contributed by atoms with Crippen LogP contribution in [0, 0.1) is 6.92 Å². The molecule has 0 saturated carbocycles. The SMILES string of the molecule is Cc1ncc(CNc2cc(C(=O)O)c3ccccc3n2)s1. The first-order valence-corrected chi connectivity index (χ1v) is 7.23. The zero-order chi connectivity index (χ0) is 14.8. The van der Waals surface area contributed by atoms with Gasteiger partial charge in [0.1, 0.15) is 5.82 Å². The molecule has 21 heavy (non-hydrogen) atoms. The van der Waals surface area contributed by atoms with Crippen LogP contribution in [-0.2, 0) is 6.54 Å². The van der Waals surface area contributed by atoms with E-state index in [-0.39, 0.29) is 5.56 Å². The molecule has 2 N–H and O–H groups in total. The number of thiazole rings is 1. The van der Waals surface area contributed by atoms with E-state index in [2.05, 4.69) is 15.3 Å². The maximum absolute atomic E-state index is 11.4. The van der Waals surface area contributed by atoms with Gasteiger partial charge < -0.3 is 10.4 Å². The Balaban J connectivity index is 1.93. The Kier molecular flexibility index (Phi) is 3.53. The summed E-state index contributed by atoms with van der Waals surface area (Å²) in [6.07, 6.45) is 1.81. The fraction of sp³-hybridized carbons (Fsp3) is 0.133. The number of aromatic carboxylic acids is 1. The van der Waals surface area contributed by atoms with Crippen molar-refractivity contribution in [3.05, 3.63) is 52.0 Å². The highest BCUT2D eigenvalue weighted by molar-refractivity contribution is 7.11. The Morgan fingerprint density at radius 2 is 2.19 bits per heavy atom. The Bertz CT molecular complexity index is 814. The number of hydrogen-bond donors (Lipinski definition) is 2. The molecule has 0 atom stereocenters. The molecule has 0 amide bonds. The number of aromatic nitrogens is 2. The molecule has 2 heterocycles. The second kappa shape index (κ2) is 5.49. The van der Waals surface area contributed by atoms with Gasteiger partial charge in [-0.3, -0.25) is 0 Å². The molecule has 106 valence electrons. The van der Waals surface area contributed by atoms with Gasteiger partial charge in [0.05, 0.1) is 22.6 Å². The zero-order valence-electron chi connectivity index (χ0n) is 11.3. The summed E-state index contributed by atoms with van der Waals surface area (Å²) in [6, 6.07) is 8.80. The summed E-state index contributed by atoms with van der Waals surface area (Å²) in [7, 11) is 0. The van der Waals surface area contributed by atoms with Crippen LogP contribution in [0.2, 0.25) is 0 Å². The number of pyridine rings is 1. The largest absolute Gasteiger partial charge is 0.478 e. The third-order valence-electron chi connectivity index (χ3n) is 3.06. The number of para-hydroxylation sites is 1. The van der Waals surface area contributed by atoms with E-state index in [0.29, 0.717) is 23.3 Å². The summed E-state index contributed by atoms with van der Waals surface area (Å²) in [6.45, 7) is 2.53. The van der Waals surface area contributed by atoms with Crippen LogP contribution in [0.1, 0.15) is 20.2 Å². The number of carbonyl (C=O) groups is 1. The molecule has 0 aliphatic rings. The number of hydrogen-bond acceptors (Lipinski definition) is 5. The van der Waals surface area contributed by atoms with Gasteiger partial charge in [-0.1, -0.05) is 18.2 Å². The summed E-state index contributed by atoms with van der Waals surface area (Å²) < 4.78 is 0. The number of nitrogens with zero attached hydrogens (tertiary/aromatic N) is 2. The average molecular weight is 299 g/mol. The minimum atomic E-state index is -0.953. The van der Waals surface area contributed by atoms with Crippen molar-refractivity contribution in [1.29, 1.82) is 0 Å². The van der Waals surface area contributed by atoms with E-state index in [4.69, 9.17) is 0 Å². The Labute approximate surface area is 125 Å². The second-order valence-electron chi connectivity index (χ2n) is 4.58. The number of carboxylic acid groups (broad SMARTS) is 1. The van der Waals surface area contributed by atoms with Gasteiger partial charge in [0.15, 0.2) is 0 Å². The highest BCUT2D eigenvalue weighted by Gasteiger charge is 2.11. The quantitative estimate of drug-likeness (QED) is 0.773. The molecule has 0 radical (unpaired) electrons. The van der Waals surface area contributed by atoms with Crippen molar-refractivity contribution in [3.8, 4) is 0 Å². The smallest absolute Gasteiger partial charge is 0.336 e. The van der Waals surface area contributed by atoms with Crippen LogP contribution in [0.5, 0.6) is 0 Å². The topological polar surface area (TPSA) is 75.1 Å². The lowest BCUT2D eigenvalue weighted by Gasteiger charge is -2.08. The fourth-order valence-corrected chi connectivity index (χ4v) is 2.84.